The number of rotatable bonds is 4. The fraction of sp³-hybridized carbons (Fsp3) is 0.778. The Morgan fingerprint density at radius 3 is 2.69 bits per heavy atom. The van der Waals surface area contributed by atoms with Crippen LogP contribution in [0.15, 0.2) is 6.33 Å². The molecule has 0 radical (unpaired) electrons. The molecule has 0 amide bonds. The van der Waals surface area contributed by atoms with Gasteiger partial charge in [-0.25, -0.2) is 9.67 Å². The molecule has 1 atom stereocenters. The van der Waals surface area contributed by atoms with Crippen molar-refractivity contribution in [2.75, 3.05) is 0 Å². The summed E-state index contributed by atoms with van der Waals surface area (Å²) in [7, 11) is 0. The van der Waals surface area contributed by atoms with Gasteiger partial charge in [-0.1, -0.05) is 22.9 Å². The van der Waals surface area contributed by atoms with Crippen LogP contribution in [0.2, 0.25) is 0 Å². The molecule has 0 fully saturated rings. The Kier molecular flexibility index (Phi) is 3.90. The maximum absolute atomic E-state index is 4.24. The zero-order chi connectivity index (χ0) is 9.84. The van der Waals surface area contributed by atoms with Gasteiger partial charge >= 0.3 is 0 Å². The molecule has 13 heavy (non-hydrogen) atoms. The van der Waals surface area contributed by atoms with Gasteiger partial charge in [0, 0.05) is 17.3 Å². The standard InChI is InChI=1S/C9H16BrN3/c1-7(2)13-9(11-6-12-13)5-4-8(3)10/h6-8H,4-5H2,1-3H3. The van der Waals surface area contributed by atoms with Crippen molar-refractivity contribution in [3.05, 3.63) is 12.2 Å². The van der Waals surface area contributed by atoms with E-state index >= 15 is 0 Å². The van der Waals surface area contributed by atoms with Gasteiger partial charge in [-0.05, 0) is 20.3 Å². The smallest absolute Gasteiger partial charge is 0.138 e. The number of nitrogens with zero attached hydrogens (tertiary/aromatic N) is 3. The lowest BCUT2D eigenvalue weighted by atomic mass is 10.2. The van der Waals surface area contributed by atoms with Crippen molar-refractivity contribution < 1.29 is 0 Å². The number of aryl methyl sites for hydroxylation is 1. The molecule has 1 rings (SSSR count). The second kappa shape index (κ2) is 4.74. The zero-order valence-electron chi connectivity index (χ0n) is 8.37. The molecule has 0 aliphatic rings. The Hall–Kier alpha value is -0.380. The summed E-state index contributed by atoms with van der Waals surface area (Å²) in [6, 6.07) is 0.406. The minimum Gasteiger partial charge on any atom is -0.248 e. The third kappa shape index (κ3) is 3.10. The maximum Gasteiger partial charge on any atom is 0.138 e. The Morgan fingerprint density at radius 2 is 2.15 bits per heavy atom. The number of hydrogen-bond acceptors (Lipinski definition) is 2. The Labute approximate surface area is 87.7 Å². The minimum absolute atomic E-state index is 0.406. The Balaban J connectivity index is 2.60. The van der Waals surface area contributed by atoms with Crippen LogP contribution in [0.4, 0.5) is 0 Å². The van der Waals surface area contributed by atoms with Crippen molar-refractivity contribution in [1.29, 1.82) is 0 Å². The molecule has 4 heteroatoms. The van der Waals surface area contributed by atoms with Gasteiger partial charge in [0.05, 0.1) is 0 Å². The van der Waals surface area contributed by atoms with Crippen molar-refractivity contribution in [3.8, 4) is 0 Å². The summed E-state index contributed by atoms with van der Waals surface area (Å²) in [5, 5.41) is 4.18. The second-order valence-corrected chi connectivity index (χ2v) is 5.10. The molecule has 0 saturated heterocycles. The molecule has 1 unspecified atom stereocenters. The van der Waals surface area contributed by atoms with E-state index in [1.165, 1.54) is 0 Å². The highest BCUT2D eigenvalue weighted by molar-refractivity contribution is 9.09. The van der Waals surface area contributed by atoms with Gasteiger partial charge in [-0.3, -0.25) is 0 Å². The Morgan fingerprint density at radius 1 is 1.46 bits per heavy atom. The van der Waals surface area contributed by atoms with Crippen LogP contribution in [0.25, 0.3) is 0 Å². The minimum atomic E-state index is 0.406. The molecular weight excluding hydrogens is 230 g/mol. The predicted molar refractivity (Wildman–Crippen MR) is 57.1 cm³/mol. The van der Waals surface area contributed by atoms with Crippen LogP contribution in [0.1, 0.15) is 39.1 Å². The molecule has 74 valence electrons. The lowest BCUT2D eigenvalue weighted by molar-refractivity contribution is 0.501. The third-order valence-corrected chi connectivity index (χ3v) is 2.36. The summed E-state index contributed by atoms with van der Waals surface area (Å²) in [6.07, 6.45) is 3.73. The first kappa shape index (κ1) is 10.7. The van der Waals surface area contributed by atoms with Gasteiger partial charge in [-0.15, -0.1) is 0 Å². The van der Waals surface area contributed by atoms with Gasteiger partial charge < -0.3 is 0 Å². The van der Waals surface area contributed by atoms with Crippen molar-refractivity contribution in [2.45, 2.75) is 44.5 Å². The number of hydrogen-bond donors (Lipinski definition) is 0. The molecule has 0 aliphatic carbocycles. The first-order chi connectivity index (χ1) is 6.11. The average molecular weight is 246 g/mol. The van der Waals surface area contributed by atoms with Crippen LogP contribution in [0, 0.1) is 0 Å². The highest BCUT2D eigenvalue weighted by atomic mass is 79.9. The summed E-state index contributed by atoms with van der Waals surface area (Å²) >= 11 is 3.52. The third-order valence-electron chi connectivity index (χ3n) is 1.90. The fourth-order valence-electron chi connectivity index (χ4n) is 1.21. The number of alkyl halides is 1. The summed E-state index contributed by atoms with van der Waals surface area (Å²) in [4.78, 5) is 4.79. The molecule has 0 saturated carbocycles. The second-order valence-electron chi connectivity index (χ2n) is 3.53. The van der Waals surface area contributed by atoms with E-state index in [1.54, 1.807) is 6.33 Å². The molecule has 1 aromatic rings. The van der Waals surface area contributed by atoms with Crippen molar-refractivity contribution >= 4 is 15.9 Å². The molecule has 0 N–H and O–H groups in total. The van der Waals surface area contributed by atoms with Gasteiger partial charge in [0.25, 0.3) is 0 Å². The van der Waals surface area contributed by atoms with E-state index < -0.39 is 0 Å². The highest BCUT2D eigenvalue weighted by Crippen LogP contribution is 2.11. The fourth-order valence-corrected chi connectivity index (χ4v) is 1.44. The van der Waals surface area contributed by atoms with Crippen LogP contribution in [-0.4, -0.2) is 19.6 Å². The molecule has 3 nitrogen and oxygen atoms in total. The topological polar surface area (TPSA) is 30.7 Å². The molecule has 0 aliphatic heterocycles. The largest absolute Gasteiger partial charge is 0.248 e. The van der Waals surface area contributed by atoms with Crippen LogP contribution < -0.4 is 0 Å². The number of aromatic nitrogens is 3. The Bertz CT molecular complexity index is 255. The SMILES string of the molecule is CC(Br)CCc1ncnn1C(C)C. The monoisotopic (exact) mass is 245 g/mol. The lowest BCUT2D eigenvalue weighted by Crippen LogP contribution is -2.09. The van der Waals surface area contributed by atoms with Crippen LogP contribution in [0.3, 0.4) is 0 Å². The lowest BCUT2D eigenvalue weighted by Gasteiger charge is -2.09. The van der Waals surface area contributed by atoms with E-state index in [9.17, 15) is 0 Å². The molecule has 1 heterocycles. The van der Waals surface area contributed by atoms with Crippen LogP contribution in [0.5, 0.6) is 0 Å². The van der Waals surface area contributed by atoms with E-state index in [0.29, 0.717) is 10.9 Å². The van der Waals surface area contributed by atoms with E-state index in [-0.39, 0.29) is 0 Å². The first-order valence-corrected chi connectivity index (χ1v) is 5.55. The van der Waals surface area contributed by atoms with Crippen molar-refractivity contribution in [2.24, 2.45) is 0 Å². The van der Waals surface area contributed by atoms with Crippen LogP contribution >= 0.6 is 15.9 Å². The van der Waals surface area contributed by atoms with Gasteiger partial charge in [0.15, 0.2) is 0 Å². The van der Waals surface area contributed by atoms with Gasteiger partial charge in [0.1, 0.15) is 12.2 Å². The zero-order valence-corrected chi connectivity index (χ0v) is 9.95. The van der Waals surface area contributed by atoms with Crippen molar-refractivity contribution in [1.82, 2.24) is 14.8 Å². The van der Waals surface area contributed by atoms with Gasteiger partial charge in [-0.2, -0.15) is 5.10 Å². The molecule has 0 aromatic carbocycles. The summed E-state index contributed by atoms with van der Waals surface area (Å²) in [5.41, 5.74) is 0. The van der Waals surface area contributed by atoms with Gasteiger partial charge in [0.2, 0.25) is 0 Å². The highest BCUT2D eigenvalue weighted by Gasteiger charge is 2.07. The molecular formula is C9H16BrN3. The summed E-state index contributed by atoms with van der Waals surface area (Å²) in [5.74, 6) is 1.08. The van der Waals surface area contributed by atoms with E-state index in [4.69, 9.17) is 0 Å². The predicted octanol–water partition coefficient (Wildman–Crippen LogP) is 2.58. The summed E-state index contributed by atoms with van der Waals surface area (Å²) in [6.45, 7) is 6.39. The quantitative estimate of drug-likeness (QED) is 0.764. The van der Waals surface area contributed by atoms with E-state index in [1.807, 2.05) is 4.68 Å². The molecule has 0 spiro atoms. The van der Waals surface area contributed by atoms with Crippen LogP contribution in [-0.2, 0) is 6.42 Å². The van der Waals surface area contributed by atoms with E-state index in [2.05, 4.69) is 46.8 Å². The molecule has 0 bridgehead atoms. The average Bonchev–Trinajstić information content (AvgIpc) is 2.47. The first-order valence-electron chi connectivity index (χ1n) is 4.63. The maximum atomic E-state index is 4.24. The normalized spacial score (nSPS) is 13.6. The molecule has 1 aromatic heterocycles. The summed E-state index contributed by atoms with van der Waals surface area (Å²) < 4.78 is 1.98. The number of halogens is 1. The van der Waals surface area contributed by atoms with Crippen molar-refractivity contribution in [3.63, 3.8) is 0 Å². The van der Waals surface area contributed by atoms with E-state index in [0.717, 1.165) is 18.7 Å².